The fourth-order valence-corrected chi connectivity index (χ4v) is 2.09. The van der Waals surface area contributed by atoms with Crippen molar-refractivity contribution in [3.8, 4) is 0 Å². The highest BCUT2D eigenvalue weighted by atomic mass is 32.2. The molecule has 7 nitrogen and oxygen atoms in total. The molecule has 0 aliphatic heterocycles. The molecule has 1 aromatic heterocycles. The van der Waals surface area contributed by atoms with Gasteiger partial charge in [0.25, 0.3) is 0 Å². The summed E-state index contributed by atoms with van der Waals surface area (Å²) in [7, 11) is -2.09. The highest BCUT2D eigenvalue weighted by Crippen LogP contribution is 2.15. The minimum atomic E-state index is -3.40. The molecule has 0 bridgehead atoms. The van der Waals surface area contributed by atoms with Gasteiger partial charge in [-0.1, -0.05) is 0 Å². The van der Waals surface area contributed by atoms with Crippen LogP contribution in [0.3, 0.4) is 0 Å². The highest BCUT2D eigenvalue weighted by Gasteiger charge is 2.16. The molecule has 0 aromatic carbocycles. The minimum absolute atomic E-state index is 0.194. The molecule has 0 unspecified atom stereocenters. The third-order valence-electron chi connectivity index (χ3n) is 2.04. The maximum absolute atomic E-state index is 11.5. The topological polar surface area (TPSA) is 96.4 Å². The van der Waals surface area contributed by atoms with Crippen LogP contribution in [0.15, 0.2) is 5.38 Å². The third-order valence-corrected chi connectivity index (χ3v) is 4.06. The van der Waals surface area contributed by atoms with Gasteiger partial charge in [-0.25, -0.2) is 13.4 Å². The van der Waals surface area contributed by atoms with E-state index in [0.29, 0.717) is 0 Å². The van der Waals surface area contributed by atoms with Crippen LogP contribution in [0.5, 0.6) is 0 Å². The molecule has 1 aromatic rings. The number of carbonyl (C=O) groups is 2. The highest BCUT2D eigenvalue weighted by molar-refractivity contribution is 7.88. The van der Waals surface area contributed by atoms with Crippen molar-refractivity contribution in [3.63, 3.8) is 0 Å². The van der Waals surface area contributed by atoms with Crippen LogP contribution in [0.2, 0.25) is 0 Å². The number of ketones is 1. The Morgan fingerprint density at radius 1 is 1.50 bits per heavy atom. The Morgan fingerprint density at radius 2 is 2.11 bits per heavy atom. The number of anilines is 1. The van der Waals surface area contributed by atoms with Gasteiger partial charge in [0, 0.05) is 19.4 Å². The second-order valence-electron chi connectivity index (χ2n) is 3.66. The summed E-state index contributed by atoms with van der Waals surface area (Å²) in [5, 5.41) is 4.23. The van der Waals surface area contributed by atoms with Crippen LogP contribution in [-0.4, -0.2) is 49.2 Å². The molecule has 0 aliphatic rings. The maximum Gasteiger partial charge on any atom is 0.241 e. The molecule has 9 heteroatoms. The Labute approximate surface area is 109 Å². The first kappa shape index (κ1) is 14.7. The van der Waals surface area contributed by atoms with Crippen molar-refractivity contribution in [2.75, 3.05) is 25.2 Å². The van der Waals surface area contributed by atoms with E-state index in [1.807, 2.05) is 0 Å². The van der Waals surface area contributed by atoms with Gasteiger partial charge in [-0.2, -0.15) is 4.31 Å². The number of sulfonamides is 1. The molecule has 0 atom stereocenters. The van der Waals surface area contributed by atoms with E-state index in [9.17, 15) is 18.0 Å². The number of likely N-dealkylation sites (N-methyl/N-ethyl adjacent to an activating group) is 1. The van der Waals surface area contributed by atoms with Gasteiger partial charge in [0.1, 0.15) is 5.69 Å². The third kappa shape index (κ3) is 4.17. The summed E-state index contributed by atoms with van der Waals surface area (Å²) in [5.74, 6) is -0.701. The standard InChI is InChI=1S/C9H13N3O4S2/c1-6(13)7-5-17-9(10-7)11-8(14)4-12(2)18(3,15)16/h5H,4H2,1-3H3,(H,10,11,14). The van der Waals surface area contributed by atoms with Crippen LogP contribution in [-0.2, 0) is 14.8 Å². The molecule has 0 radical (unpaired) electrons. The van der Waals surface area contributed by atoms with Gasteiger partial charge in [-0.3, -0.25) is 9.59 Å². The summed E-state index contributed by atoms with van der Waals surface area (Å²) < 4.78 is 23.1. The van der Waals surface area contributed by atoms with Crippen LogP contribution in [0.25, 0.3) is 0 Å². The van der Waals surface area contributed by atoms with Gasteiger partial charge < -0.3 is 5.32 Å². The second kappa shape index (κ2) is 5.55. The Hall–Kier alpha value is -1.32. The number of hydrogen-bond acceptors (Lipinski definition) is 6. The summed E-state index contributed by atoms with van der Waals surface area (Å²) >= 11 is 1.11. The first-order valence-corrected chi connectivity index (χ1v) is 7.60. The van der Waals surface area contributed by atoms with E-state index < -0.39 is 15.9 Å². The molecule has 1 heterocycles. The molecular formula is C9H13N3O4S2. The summed E-state index contributed by atoms with van der Waals surface area (Å²) in [6.07, 6.45) is 1.01. The lowest BCUT2D eigenvalue weighted by molar-refractivity contribution is -0.116. The normalized spacial score (nSPS) is 11.6. The minimum Gasteiger partial charge on any atom is -0.301 e. The zero-order valence-electron chi connectivity index (χ0n) is 10.1. The first-order chi connectivity index (χ1) is 8.20. The molecule has 100 valence electrons. The number of amides is 1. The van der Waals surface area contributed by atoms with Gasteiger partial charge in [0.05, 0.1) is 12.8 Å². The quantitative estimate of drug-likeness (QED) is 0.780. The monoisotopic (exact) mass is 291 g/mol. The number of rotatable bonds is 5. The van der Waals surface area contributed by atoms with Crippen LogP contribution in [0, 0.1) is 0 Å². The second-order valence-corrected chi connectivity index (χ2v) is 6.61. The zero-order valence-corrected chi connectivity index (χ0v) is 11.8. The van der Waals surface area contributed by atoms with Gasteiger partial charge in [-0.05, 0) is 0 Å². The molecule has 1 N–H and O–H groups in total. The van der Waals surface area contributed by atoms with Crippen molar-refractivity contribution in [3.05, 3.63) is 11.1 Å². The van der Waals surface area contributed by atoms with E-state index in [-0.39, 0.29) is 23.2 Å². The Bertz CT molecular complexity index is 564. The largest absolute Gasteiger partial charge is 0.301 e. The van der Waals surface area contributed by atoms with Crippen molar-refractivity contribution in [1.82, 2.24) is 9.29 Å². The van der Waals surface area contributed by atoms with Gasteiger partial charge >= 0.3 is 0 Å². The summed E-state index contributed by atoms with van der Waals surface area (Å²) in [4.78, 5) is 26.4. The fraction of sp³-hybridized carbons (Fsp3) is 0.444. The molecule has 0 fully saturated rings. The average molecular weight is 291 g/mol. The lowest BCUT2D eigenvalue weighted by Crippen LogP contribution is -2.34. The van der Waals surface area contributed by atoms with Crippen molar-refractivity contribution in [2.24, 2.45) is 0 Å². The van der Waals surface area contributed by atoms with E-state index in [1.165, 1.54) is 19.4 Å². The molecule has 1 rings (SSSR count). The molecule has 0 saturated carbocycles. The van der Waals surface area contributed by atoms with E-state index >= 15 is 0 Å². The number of nitrogens with zero attached hydrogens (tertiary/aromatic N) is 2. The summed E-state index contributed by atoms with van der Waals surface area (Å²) in [6.45, 7) is 1.08. The summed E-state index contributed by atoms with van der Waals surface area (Å²) in [5.41, 5.74) is 0.270. The number of Topliss-reactive ketones (excluding diaryl/α,β-unsaturated/α-hetero) is 1. The van der Waals surface area contributed by atoms with Crippen molar-refractivity contribution >= 4 is 38.2 Å². The molecule has 0 saturated heterocycles. The van der Waals surface area contributed by atoms with Crippen LogP contribution < -0.4 is 5.32 Å². The number of nitrogens with one attached hydrogen (secondary N) is 1. The van der Waals surface area contributed by atoms with E-state index in [2.05, 4.69) is 10.3 Å². The van der Waals surface area contributed by atoms with Crippen molar-refractivity contribution in [1.29, 1.82) is 0 Å². The average Bonchev–Trinajstić information content (AvgIpc) is 2.64. The van der Waals surface area contributed by atoms with Crippen molar-refractivity contribution in [2.45, 2.75) is 6.92 Å². The number of thiazole rings is 1. The lowest BCUT2D eigenvalue weighted by atomic mass is 10.4. The SMILES string of the molecule is CC(=O)c1csc(NC(=O)CN(C)S(C)(=O)=O)n1. The van der Waals surface area contributed by atoms with Gasteiger partial charge in [0.15, 0.2) is 10.9 Å². The smallest absolute Gasteiger partial charge is 0.241 e. The van der Waals surface area contributed by atoms with E-state index in [4.69, 9.17) is 0 Å². The van der Waals surface area contributed by atoms with Crippen LogP contribution in [0.4, 0.5) is 5.13 Å². The van der Waals surface area contributed by atoms with E-state index in [1.54, 1.807) is 0 Å². The van der Waals surface area contributed by atoms with Crippen LogP contribution in [0.1, 0.15) is 17.4 Å². The van der Waals surface area contributed by atoms with Gasteiger partial charge in [0.2, 0.25) is 15.9 Å². The number of aromatic nitrogens is 1. The zero-order chi connectivity index (χ0) is 13.9. The van der Waals surface area contributed by atoms with E-state index in [0.717, 1.165) is 21.9 Å². The summed E-state index contributed by atoms with van der Waals surface area (Å²) in [6, 6.07) is 0. The number of carbonyl (C=O) groups excluding carboxylic acids is 2. The van der Waals surface area contributed by atoms with Gasteiger partial charge in [-0.15, -0.1) is 11.3 Å². The Kier molecular flexibility index (Phi) is 4.54. The molecular weight excluding hydrogens is 278 g/mol. The lowest BCUT2D eigenvalue weighted by Gasteiger charge is -2.12. The van der Waals surface area contributed by atoms with Crippen LogP contribution >= 0.6 is 11.3 Å². The first-order valence-electron chi connectivity index (χ1n) is 4.88. The molecule has 1 amide bonds. The fourth-order valence-electron chi connectivity index (χ4n) is 0.971. The molecule has 0 spiro atoms. The molecule has 0 aliphatic carbocycles. The van der Waals surface area contributed by atoms with Crippen molar-refractivity contribution < 1.29 is 18.0 Å². The Morgan fingerprint density at radius 3 is 2.56 bits per heavy atom. The predicted octanol–water partition coefficient (Wildman–Crippen LogP) is 0.176. The predicted molar refractivity (Wildman–Crippen MR) is 68.2 cm³/mol. The number of hydrogen-bond donors (Lipinski definition) is 1. The molecule has 18 heavy (non-hydrogen) atoms. The maximum atomic E-state index is 11.5. The Balaban J connectivity index is 2.62.